The maximum absolute atomic E-state index is 5.86. The Hall–Kier alpha value is -1.71. The molecule has 0 spiro atoms. The summed E-state index contributed by atoms with van der Waals surface area (Å²) in [5.41, 5.74) is 0. The third kappa shape index (κ3) is 4.44. The van der Waals surface area contributed by atoms with Gasteiger partial charge in [0.1, 0.15) is 12.4 Å². The van der Waals surface area contributed by atoms with Crippen LogP contribution in [0, 0.1) is 0 Å². The van der Waals surface area contributed by atoms with Crippen molar-refractivity contribution < 1.29 is 9.47 Å². The van der Waals surface area contributed by atoms with Gasteiger partial charge in [-0.1, -0.05) is 23.7 Å². The van der Waals surface area contributed by atoms with Gasteiger partial charge in [-0.05, 0) is 50.5 Å². The topological polar surface area (TPSA) is 21.7 Å². The Morgan fingerprint density at radius 1 is 0.950 bits per heavy atom. The van der Waals surface area contributed by atoms with Crippen molar-refractivity contribution in [3.63, 3.8) is 0 Å². The maximum Gasteiger partial charge on any atom is 0.169 e. The van der Waals surface area contributed by atoms with E-state index in [2.05, 4.69) is 4.90 Å². The highest BCUT2D eigenvalue weighted by Crippen LogP contribution is 2.31. The summed E-state index contributed by atoms with van der Waals surface area (Å²) >= 11 is 5.86. The fourth-order valence-electron chi connectivity index (χ4n) is 1.62. The minimum absolute atomic E-state index is 0.619. The van der Waals surface area contributed by atoms with Crippen LogP contribution < -0.4 is 9.47 Å². The molecule has 0 N–H and O–H groups in total. The quantitative estimate of drug-likeness (QED) is 0.801. The number of nitrogens with zero attached hydrogens (tertiary/aromatic N) is 1. The van der Waals surface area contributed by atoms with Gasteiger partial charge in [-0.15, -0.1) is 0 Å². The molecule has 106 valence electrons. The Balaban J connectivity index is 2.05. The van der Waals surface area contributed by atoms with E-state index in [1.165, 1.54) is 0 Å². The third-order valence-corrected chi connectivity index (χ3v) is 2.94. The van der Waals surface area contributed by atoms with E-state index in [0.717, 1.165) is 18.0 Å². The van der Waals surface area contributed by atoms with E-state index in [1.807, 2.05) is 50.5 Å². The van der Waals surface area contributed by atoms with Gasteiger partial charge in [0, 0.05) is 11.6 Å². The predicted molar refractivity (Wildman–Crippen MR) is 82.0 cm³/mol. The first kappa shape index (κ1) is 14.7. The summed E-state index contributed by atoms with van der Waals surface area (Å²) in [6.07, 6.45) is 0. The predicted octanol–water partition coefficient (Wildman–Crippen LogP) is 4.07. The molecule has 0 fully saturated rings. The lowest BCUT2D eigenvalue weighted by atomic mass is 10.3. The zero-order chi connectivity index (χ0) is 14.4. The molecule has 2 aromatic rings. The Labute approximate surface area is 124 Å². The highest BCUT2D eigenvalue weighted by Gasteiger charge is 2.05. The van der Waals surface area contributed by atoms with Gasteiger partial charge in [0.25, 0.3) is 0 Å². The SMILES string of the molecule is CN(C)CCOc1ccccc1Oc1ccc(Cl)cc1. The van der Waals surface area contributed by atoms with Gasteiger partial charge in [0.05, 0.1) is 0 Å². The largest absolute Gasteiger partial charge is 0.488 e. The number of para-hydroxylation sites is 2. The lowest BCUT2D eigenvalue weighted by Gasteiger charge is -2.14. The first-order valence-corrected chi connectivity index (χ1v) is 6.83. The second kappa shape index (κ2) is 7.17. The van der Waals surface area contributed by atoms with Crippen molar-refractivity contribution in [2.75, 3.05) is 27.2 Å². The van der Waals surface area contributed by atoms with Crippen LogP contribution >= 0.6 is 11.6 Å². The van der Waals surface area contributed by atoms with E-state index in [1.54, 1.807) is 12.1 Å². The van der Waals surface area contributed by atoms with Crippen LogP contribution in [-0.4, -0.2) is 32.1 Å². The molecule has 20 heavy (non-hydrogen) atoms. The summed E-state index contributed by atoms with van der Waals surface area (Å²) in [6, 6.07) is 14.9. The molecule has 0 radical (unpaired) electrons. The van der Waals surface area contributed by atoms with Crippen molar-refractivity contribution in [2.24, 2.45) is 0 Å². The Kier molecular flexibility index (Phi) is 5.27. The summed E-state index contributed by atoms with van der Waals surface area (Å²) in [4.78, 5) is 2.07. The number of halogens is 1. The van der Waals surface area contributed by atoms with Crippen molar-refractivity contribution in [3.8, 4) is 17.2 Å². The van der Waals surface area contributed by atoms with Crippen molar-refractivity contribution in [1.82, 2.24) is 4.90 Å². The standard InChI is InChI=1S/C16H18ClNO2/c1-18(2)11-12-19-15-5-3-4-6-16(15)20-14-9-7-13(17)8-10-14/h3-10H,11-12H2,1-2H3. The Morgan fingerprint density at radius 3 is 2.25 bits per heavy atom. The molecule has 0 unspecified atom stereocenters. The zero-order valence-electron chi connectivity index (χ0n) is 11.7. The molecule has 0 aliphatic rings. The van der Waals surface area contributed by atoms with E-state index in [9.17, 15) is 0 Å². The molecule has 4 heteroatoms. The summed E-state index contributed by atoms with van der Waals surface area (Å²) < 4.78 is 11.6. The van der Waals surface area contributed by atoms with E-state index in [0.29, 0.717) is 17.4 Å². The second-order valence-corrected chi connectivity index (χ2v) is 5.09. The first-order valence-electron chi connectivity index (χ1n) is 6.45. The molecule has 0 bridgehead atoms. The van der Waals surface area contributed by atoms with E-state index >= 15 is 0 Å². The monoisotopic (exact) mass is 291 g/mol. The van der Waals surface area contributed by atoms with Crippen LogP contribution in [0.5, 0.6) is 17.2 Å². The molecule has 0 atom stereocenters. The Bertz CT molecular complexity index is 540. The summed E-state index contributed by atoms with van der Waals surface area (Å²) in [5, 5.41) is 0.688. The van der Waals surface area contributed by atoms with E-state index < -0.39 is 0 Å². The molecular weight excluding hydrogens is 274 g/mol. The number of hydrogen-bond acceptors (Lipinski definition) is 3. The lowest BCUT2D eigenvalue weighted by Crippen LogP contribution is -2.19. The number of likely N-dealkylation sites (N-methyl/N-ethyl adjacent to an activating group) is 1. The molecule has 0 aromatic heterocycles. The minimum atomic E-state index is 0.619. The molecule has 0 heterocycles. The van der Waals surface area contributed by atoms with E-state index in [-0.39, 0.29) is 0 Å². The average molecular weight is 292 g/mol. The van der Waals surface area contributed by atoms with Gasteiger partial charge in [-0.3, -0.25) is 0 Å². The number of hydrogen-bond donors (Lipinski definition) is 0. The lowest BCUT2D eigenvalue weighted by molar-refractivity contribution is 0.254. The maximum atomic E-state index is 5.86. The van der Waals surface area contributed by atoms with Crippen molar-refractivity contribution in [3.05, 3.63) is 53.6 Å². The molecular formula is C16H18ClNO2. The molecule has 3 nitrogen and oxygen atoms in total. The van der Waals surface area contributed by atoms with Crippen molar-refractivity contribution >= 4 is 11.6 Å². The van der Waals surface area contributed by atoms with Crippen LogP contribution in [0.3, 0.4) is 0 Å². The smallest absolute Gasteiger partial charge is 0.169 e. The summed E-state index contributed by atoms with van der Waals surface area (Å²) in [5.74, 6) is 2.18. The van der Waals surface area contributed by atoms with E-state index in [4.69, 9.17) is 21.1 Å². The molecule has 0 aliphatic carbocycles. The van der Waals surface area contributed by atoms with Crippen LogP contribution in [0.2, 0.25) is 5.02 Å². The van der Waals surface area contributed by atoms with Crippen LogP contribution in [0.25, 0.3) is 0 Å². The average Bonchev–Trinajstić information content (AvgIpc) is 2.43. The van der Waals surface area contributed by atoms with Gasteiger partial charge in [-0.2, -0.15) is 0 Å². The molecule has 0 saturated heterocycles. The van der Waals surface area contributed by atoms with Crippen molar-refractivity contribution in [2.45, 2.75) is 0 Å². The van der Waals surface area contributed by atoms with Crippen molar-refractivity contribution in [1.29, 1.82) is 0 Å². The molecule has 0 saturated carbocycles. The van der Waals surface area contributed by atoms with Gasteiger partial charge in [0.15, 0.2) is 11.5 Å². The third-order valence-electron chi connectivity index (χ3n) is 2.69. The van der Waals surface area contributed by atoms with Gasteiger partial charge < -0.3 is 14.4 Å². The number of ether oxygens (including phenoxy) is 2. The molecule has 2 aromatic carbocycles. The van der Waals surface area contributed by atoms with Crippen LogP contribution in [-0.2, 0) is 0 Å². The van der Waals surface area contributed by atoms with Gasteiger partial charge in [-0.25, -0.2) is 0 Å². The number of benzene rings is 2. The second-order valence-electron chi connectivity index (χ2n) is 4.65. The van der Waals surface area contributed by atoms with Crippen LogP contribution in [0.1, 0.15) is 0 Å². The molecule has 2 rings (SSSR count). The van der Waals surface area contributed by atoms with Gasteiger partial charge in [0.2, 0.25) is 0 Å². The molecule has 0 amide bonds. The summed E-state index contributed by atoms with van der Waals surface area (Å²) in [7, 11) is 4.03. The van der Waals surface area contributed by atoms with Crippen LogP contribution in [0.4, 0.5) is 0 Å². The summed E-state index contributed by atoms with van der Waals surface area (Å²) in [6.45, 7) is 1.48. The fourth-order valence-corrected chi connectivity index (χ4v) is 1.75. The first-order chi connectivity index (χ1) is 9.65. The van der Waals surface area contributed by atoms with Crippen LogP contribution in [0.15, 0.2) is 48.5 Å². The minimum Gasteiger partial charge on any atom is -0.488 e. The highest BCUT2D eigenvalue weighted by molar-refractivity contribution is 6.30. The zero-order valence-corrected chi connectivity index (χ0v) is 12.4. The number of rotatable bonds is 6. The van der Waals surface area contributed by atoms with Gasteiger partial charge >= 0.3 is 0 Å². The Morgan fingerprint density at radius 2 is 1.60 bits per heavy atom. The highest BCUT2D eigenvalue weighted by atomic mass is 35.5. The normalized spacial score (nSPS) is 10.6. The fraction of sp³-hybridized carbons (Fsp3) is 0.250. The molecule has 0 aliphatic heterocycles.